The summed E-state index contributed by atoms with van der Waals surface area (Å²) in [4.78, 5) is 35.1. The summed E-state index contributed by atoms with van der Waals surface area (Å²) in [6, 6.07) is 4.86. The molecule has 0 saturated carbocycles. The van der Waals surface area contributed by atoms with Crippen molar-refractivity contribution in [2.24, 2.45) is 0 Å². The quantitative estimate of drug-likeness (QED) is 0.596. The van der Waals surface area contributed by atoms with E-state index in [1.54, 1.807) is 36.9 Å². The first kappa shape index (κ1) is 21.8. The average molecular weight is 465 g/mol. The lowest BCUT2D eigenvalue weighted by Crippen LogP contribution is -2.33. The van der Waals surface area contributed by atoms with E-state index in [2.05, 4.69) is 20.4 Å². The zero-order valence-corrected chi connectivity index (χ0v) is 18.6. The molecule has 2 unspecified atom stereocenters. The van der Waals surface area contributed by atoms with Crippen LogP contribution in [0.15, 0.2) is 49.2 Å². The number of benzene rings is 1. The molecule has 3 aromatic rings. The number of nitrogens with zero attached hydrogens (tertiary/aromatic N) is 6. The van der Waals surface area contributed by atoms with Gasteiger partial charge in [-0.15, -0.1) is 0 Å². The van der Waals surface area contributed by atoms with E-state index in [-0.39, 0.29) is 25.0 Å². The van der Waals surface area contributed by atoms with E-state index in [9.17, 15) is 9.59 Å². The number of carbonyl (C=O) groups is 2. The van der Waals surface area contributed by atoms with E-state index in [4.69, 9.17) is 4.74 Å². The predicted octanol–water partition coefficient (Wildman–Crippen LogP) is 2.39. The first-order chi connectivity index (χ1) is 16.5. The fraction of sp³-hybridized carbons (Fsp3) is 0.348. The number of cyclic esters (lactones) is 1. The Kier molecular flexibility index (Phi) is 5.83. The number of aromatic nitrogens is 4. The Morgan fingerprint density at radius 2 is 2.15 bits per heavy atom. The number of halogens is 1. The van der Waals surface area contributed by atoms with Crippen molar-refractivity contribution >= 4 is 23.4 Å². The van der Waals surface area contributed by atoms with Crippen molar-refractivity contribution in [2.45, 2.75) is 25.5 Å². The van der Waals surface area contributed by atoms with Gasteiger partial charge >= 0.3 is 6.09 Å². The lowest BCUT2D eigenvalue weighted by atomic mass is 10.2. The van der Waals surface area contributed by atoms with Gasteiger partial charge in [-0.25, -0.2) is 9.18 Å². The minimum atomic E-state index is -0.554. The van der Waals surface area contributed by atoms with Crippen molar-refractivity contribution in [3.63, 3.8) is 0 Å². The van der Waals surface area contributed by atoms with Crippen molar-refractivity contribution in [3.8, 4) is 11.3 Å². The summed E-state index contributed by atoms with van der Waals surface area (Å²) in [5, 5.41) is 7.11. The zero-order chi connectivity index (χ0) is 23.7. The molecule has 11 heteroatoms. The number of amides is 2. The van der Waals surface area contributed by atoms with Gasteiger partial charge in [0.25, 0.3) is 0 Å². The molecule has 176 valence electrons. The third-order valence-corrected chi connectivity index (χ3v) is 6.03. The van der Waals surface area contributed by atoms with Gasteiger partial charge in [-0.05, 0) is 24.6 Å². The van der Waals surface area contributed by atoms with Crippen LogP contribution >= 0.6 is 0 Å². The Labute approximate surface area is 195 Å². The van der Waals surface area contributed by atoms with Gasteiger partial charge in [0.2, 0.25) is 5.91 Å². The van der Waals surface area contributed by atoms with Crippen molar-refractivity contribution in [1.82, 2.24) is 25.1 Å². The SMILES string of the molecule is CC(=O)NCC1CN(c2ccc(N3CCC(n4cc(-c5cnccn5)cn4)C3)c(F)c2)C(=O)O1. The molecule has 2 saturated heterocycles. The molecule has 2 aliphatic heterocycles. The maximum Gasteiger partial charge on any atom is 0.414 e. The summed E-state index contributed by atoms with van der Waals surface area (Å²) < 4.78 is 22.2. The van der Waals surface area contributed by atoms with E-state index in [0.717, 1.165) is 17.7 Å². The Morgan fingerprint density at radius 1 is 1.26 bits per heavy atom. The summed E-state index contributed by atoms with van der Waals surface area (Å²) in [6.07, 6.45) is 8.45. The average Bonchev–Trinajstić information content (AvgIpc) is 3.58. The van der Waals surface area contributed by atoms with Crippen LogP contribution in [-0.2, 0) is 9.53 Å². The fourth-order valence-electron chi connectivity index (χ4n) is 4.31. The standard InChI is InChI=1S/C23H24FN7O3/c1-15(32)27-10-19-14-30(23(33)34-19)17-2-3-22(20(24)8-17)29-7-4-18(13-29)31-12-16(9-28-31)21-11-25-5-6-26-21/h2-3,5-6,8-9,11-12,18-19H,4,7,10,13-14H2,1H3,(H,27,32). The van der Waals surface area contributed by atoms with Crippen LogP contribution in [0, 0.1) is 5.82 Å². The molecule has 34 heavy (non-hydrogen) atoms. The van der Waals surface area contributed by atoms with Crippen LogP contribution in [0.5, 0.6) is 0 Å². The Balaban J connectivity index is 1.25. The van der Waals surface area contributed by atoms with Crippen LogP contribution in [0.1, 0.15) is 19.4 Å². The summed E-state index contributed by atoms with van der Waals surface area (Å²) >= 11 is 0. The largest absolute Gasteiger partial charge is 0.442 e. The molecular weight excluding hydrogens is 441 g/mol. The molecule has 2 atom stereocenters. The van der Waals surface area contributed by atoms with Gasteiger partial charge < -0.3 is 15.0 Å². The highest BCUT2D eigenvalue weighted by Gasteiger charge is 2.33. The minimum absolute atomic E-state index is 0.104. The maximum atomic E-state index is 15.1. The second-order valence-electron chi connectivity index (χ2n) is 8.38. The highest BCUT2D eigenvalue weighted by molar-refractivity contribution is 5.90. The predicted molar refractivity (Wildman–Crippen MR) is 122 cm³/mol. The molecular formula is C23H24FN7O3. The number of hydrogen-bond acceptors (Lipinski definition) is 7. The summed E-state index contributed by atoms with van der Waals surface area (Å²) in [5.74, 6) is -0.606. The van der Waals surface area contributed by atoms with E-state index >= 15 is 4.39 Å². The molecule has 0 bridgehead atoms. The van der Waals surface area contributed by atoms with Gasteiger partial charge in [0.1, 0.15) is 11.9 Å². The maximum absolute atomic E-state index is 15.1. The molecule has 2 aliphatic rings. The topological polar surface area (TPSA) is 105 Å². The molecule has 2 aromatic heterocycles. The van der Waals surface area contributed by atoms with Gasteiger partial charge in [-0.2, -0.15) is 5.10 Å². The summed E-state index contributed by atoms with van der Waals surface area (Å²) in [7, 11) is 0. The van der Waals surface area contributed by atoms with Crippen molar-refractivity contribution in [1.29, 1.82) is 0 Å². The lowest BCUT2D eigenvalue weighted by Gasteiger charge is -2.21. The smallest absolute Gasteiger partial charge is 0.414 e. The van der Waals surface area contributed by atoms with E-state index in [1.165, 1.54) is 17.9 Å². The number of nitrogens with one attached hydrogen (secondary N) is 1. The normalized spacial score (nSPS) is 20.0. The Morgan fingerprint density at radius 3 is 2.91 bits per heavy atom. The van der Waals surface area contributed by atoms with Gasteiger partial charge in [0.15, 0.2) is 0 Å². The zero-order valence-electron chi connectivity index (χ0n) is 18.6. The third kappa shape index (κ3) is 4.41. The van der Waals surface area contributed by atoms with Crippen LogP contribution < -0.4 is 15.1 Å². The van der Waals surface area contributed by atoms with Crippen molar-refractivity contribution in [3.05, 3.63) is 55.0 Å². The molecule has 0 aliphatic carbocycles. The summed E-state index contributed by atoms with van der Waals surface area (Å²) in [5.41, 5.74) is 2.55. The number of rotatable bonds is 6. The van der Waals surface area contributed by atoms with Crippen LogP contribution in [-0.4, -0.2) is 64.0 Å². The van der Waals surface area contributed by atoms with Gasteiger partial charge in [0.05, 0.1) is 48.6 Å². The summed E-state index contributed by atoms with van der Waals surface area (Å²) in [6.45, 7) is 3.17. The monoisotopic (exact) mass is 465 g/mol. The van der Waals surface area contributed by atoms with Crippen LogP contribution in [0.25, 0.3) is 11.3 Å². The fourth-order valence-corrected chi connectivity index (χ4v) is 4.31. The van der Waals surface area contributed by atoms with Crippen LogP contribution in [0.3, 0.4) is 0 Å². The molecule has 2 fully saturated rings. The molecule has 5 rings (SSSR count). The first-order valence-electron chi connectivity index (χ1n) is 11.1. The molecule has 4 heterocycles. The number of ether oxygens (including phenoxy) is 1. The van der Waals surface area contributed by atoms with Crippen LogP contribution in [0.2, 0.25) is 0 Å². The van der Waals surface area contributed by atoms with Crippen molar-refractivity contribution in [2.75, 3.05) is 36.0 Å². The lowest BCUT2D eigenvalue weighted by molar-refractivity contribution is -0.119. The second kappa shape index (κ2) is 9.08. The highest BCUT2D eigenvalue weighted by atomic mass is 19.1. The van der Waals surface area contributed by atoms with E-state index < -0.39 is 18.0 Å². The number of anilines is 2. The third-order valence-electron chi connectivity index (χ3n) is 6.03. The second-order valence-corrected chi connectivity index (χ2v) is 8.38. The molecule has 0 spiro atoms. The van der Waals surface area contributed by atoms with Crippen molar-refractivity contribution < 1.29 is 18.7 Å². The Hall–Kier alpha value is -4.02. The molecule has 1 N–H and O–H groups in total. The molecule has 0 radical (unpaired) electrons. The van der Waals surface area contributed by atoms with E-state index in [0.29, 0.717) is 24.5 Å². The molecule has 1 aromatic carbocycles. The number of carbonyl (C=O) groups excluding carboxylic acids is 2. The number of hydrogen-bond donors (Lipinski definition) is 1. The molecule has 10 nitrogen and oxygen atoms in total. The Bertz CT molecular complexity index is 1200. The van der Waals surface area contributed by atoms with E-state index in [1.807, 2.05) is 15.8 Å². The van der Waals surface area contributed by atoms with Gasteiger partial charge in [0, 0.05) is 44.2 Å². The highest BCUT2D eigenvalue weighted by Crippen LogP contribution is 2.32. The van der Waals surface area contributed by atoms with Gasteiger partial charge in [-0.1, -0.05) is 0 Å². The molecule has 2 amide bonds. The first-order valence-corrected chi connectivity index (χ1v) is 11.1. The van der Waals surface area contributed by atoms with Crippen LogP contribution in [0.4, 0.5) is 20.6 Å². The minimum Gasteiger partial charge on any atom is -0.442 e. The van der Waals surface area contributed by atoms with Gasteiger partial charge in [-0.3, -0.25) is 24.3 Å².